The normalized spacial score (nSPS) is 23.7. The summed E-state index contributed by atoms with van der Waals surface area (Å²) in [5.41, 5.74) is 0. The van der Waals surface area contributed by atoms with Crippen LogP contribution in [0.2, 0.25) is 0 Å². The molecule has 1 aromatic heterocycles. The van der Waals surface area contributed by atoms with Crippen molar-refractivity contribution >= 4 is 0 Å². The molecule has 5 nitrogen and oxygen atoms in total. The Morgan fingerprint density at radius 1 is 1.33 bits per heavy atom. The molecule has 0 spiro atoms. The monoisotopic (exact) mass is 312 g/mol. The molecule has 1 aliphatic rings. The number of aromatic nitrogens is 2. The summed E-state index contributed by atoms with van der Waals surface area (Å²) >= 11 is 0. The number of halogens is 4. The SMILES string of the molecule is OC1CCCCC1c1nc(COCC(F)(F)C(F)F)no1. The highest BCUT2D eigenvalue weighted by Gasteiger charge is 2.41. The number of nitrogens with zero attached hydrogens (tertiary/aromatic N) is 2. The van der Waals surface area contributed by atoms with Crippen LogP contribution in [0.1, 0.15) is 43.3 Å². The summed E-state index contributed by atoms with van der Waals surface area (Å²) in [4.78, 5) is 3.95. The maximum absolute atomic E-state index is 12.6. The molecule has 0 aliphatic heterocycles. The fourth-order valence-electron chi connectivity index (χ4n) is 2.22. The van der Waals surface area contributed by atoms with Gasteiger partial charge in [-0.15, -0.1) is 0 Å². The van der Waals surface area contributed by atoms with Gasteiger partial charge in [0, 0.05) is 0 Å². The van der Waals surface area contributed by atoms with Crippen molar-refractivity contribution in [3.05, 3.63) is 11.7 Å². The maximum Gasteiger partial charge on any atom is 0.330 e. The molecule has 1 saturated carbocycles. The second-order valence-corrected chi connectivity index (χ2v) is 5.06. The molecule has 0 radical (unpaired) electrons. The zero-order chi connectivity index (χ0) is 15.5. The van der Waals surface area contributed by atoms with Crippen molar-refractivity contribution in [1.82, 2.24) is 10.1 Å². The van der Waals surface area contributed by atoms with Gasteiger partial charge in [0.25, 0.3) is 0 Å². The molecular weight excluding hydrogens is 296 g/mol. The predicted octanol–water partition coefficient (Wildman–Crippen LogP) is 2.51. The molecule has 0 saturated heterocycles. The van der Waals surface area contributed by atoms with E-state index in [4.69, 9.17) is 4.52 Å². The summed E-state index contributed by atoms with van der Waals surface area (Å²) in [5.74, 6) is -4.26. The zero-order valence-electron chi connectivity index (χ0n) is 11.1. The number of hydrogen-bond acceptors (Lipinski definition) is 5. The Bertz CT molecular complexity index is 455. The lowest BCUT2D eigenvalue weighted by Crippen LogP contribution is -2.32. The van der Waals surface area contributed by atoms with Gasteiger partial charge in [0.05, 0.1) is 12.0 Å². The van der Waals surface area contributed by atoms with Gasteiger partial charge >= 0.3 is 12.3 Å². The molecule has 1 aromatic rings. The van der Waals surface area contributed by atoms with Crippen LogP contribution in [0.15, 0.2) is 4.52 Å². The van der Waals surface area contributed by atoms with Crippen molar-refractivity contribution in [2.24, 2.45) is 0 Å². The second-order valence-electron chi connectivity index (χ2n) is 5.06. The lowest BCUT2D eigenvalue weighted by molar-refractivity contribution is -0.168. The van der Waals surface area contributed by atoms with Crippen LogP contribution in [0.25, 0.3) is 0 Å². The minimum Gasteiger partial charge on any atom is -0.392 e. The summed E-state index contributed by atoms with van der Waals surface area (Å²) in [7, 11) is 0. The van der Waals surface area contributed by atoms with Gasteiger partial charge in [-0.3, -0.25) is 0 Å². The first-order valence-corrected chi connectivity index (χ1v) is 6.64. The van der Waals surface area contributed by atoms with Crippen molar-refractivity contribution in [2.75, 3.05) is 6.61 Å². The molecule has 0 amide bonds. The number of alkyl halides is 4. The quantitative estimate of drug-likeness (QED) is 0.817. The van der Waals surface area contributed by atoms with E-state index in [1.54, 1.807) is 0 Å². The van der Waals surface area contributed by atoms with Crippen LogP contribution in [-0.2, 0) is 11.3 Å². The topological polar surface area (TPSA) is 68.4 Å². The molecule has 2 rings (SSSR count). The van der Waals surface area contributed by atoms with E-state index in [-0.39, 0.29) is 17.6 Å². The van der Waals surface area contributed by atoms with Crippen molar-refractivity contribution in [2.45, 2.75) is 56.7 Å². The highest BCUT2D eigenvalue weighted by atomic mass is 19.3. The number of hydrogen-bond donors (Lipinski definition) is 1. The smallest absolute Gasteiger partial charge is 0.330 e. The number of rotatable bonds is 6. The third-order valence-corrected chi connectivity index (χ3v) is 3.38. The first kappa shape index (κ1) is 16.2. The largest absolute Gasteiger partial charge is 0.392 e. The van der Waals surface area contributed by atoms with E-state index in [0.717, 1.165) is 12.8 Å². The Kier molecular flexibility index (Phi) is 5.15. The van der Waals surface area contributed by atoms with Gasteiger partial charge < -0.3 is 14.4 Å². The molecule has 2 unspecified atom stereocenters. The fourth-order valence-corrected chi connectivity index (χ4v) is 2.22. The number of aliphatic hydroxyl groups excluding tert-OH is 1. The van der Waals surface area contributed by atoms with Crippen molar-refractivity contribution in [1.29, 1.82) is 0 Å². The first-order chi connectivity index (χ1) is 9.90. The highest BCUT2D eigenvalue weighted by Crippen LogP contribution is 2.32. The Morgan fingerprint density at radius 2 is 2.05 bits per heavy atom. The van der Waals surface area contributed by atoms with E-state index in [9.17, 15) is 22.7 Å². The minimum absolute atomic E-state index is 0.00663. The van der Waals surface area contributed by atoms with E-state index >= 15 is 0 Å². The number of ether oxygens (including phenoxy) is 1. The summed E-state index contributed by atoms with van der Waals surface area (Å²) in [6.45, 7) is -1.87. The summed E-state index contributed by atoms with van der Waals surface area (Å²) in [6, 6.07) is 0. The third-order valence-electron chi connectivity index (χ3n) is 3.38. The lowest BCUT2D eigenvalue weighted by Gasteiger charge is -2.24. The summed E-state index contributed by atoms with van der Waals surface area (Å²) in [5, 5.41) is 13.4. The predicted molar refractivity (Wildman–Crippen MR) is 62.1 cm³/mol. The van der Waals surface area contributed by atoms with E-state index in [2.05, 4.69) is 14.9 Å². The third kappa shape index (κ3) is 4.13. The van der Waals surface area contributed by atoms with Crippen LogP contribution in [-0.4, -0.2) is 40.3 Å². The Morgan fingerprint density at radius 3 is 2.71 bits per heavy atom. The molecule has 1 aliphatic carbocycles. The van der Waals surface area contributed by atoms with E-state index in [1.165, 1.54) is 0 Å². The number of aliphatic hydroxyl groups is 1. The Hall–Kier alpha value is -1.22. The Balaban J connectivity index is 1.86. The van der Waals surface area contributed by atoms with Gasteiger partial charge in [-0.1, -0.05) is 18.0 Å². The lowest BCUT2D eigenvalue weighted by atomic mass is 9.86. The van der Waals surface area contributed by atoms with Gasteiger partial charge in [0.2, 0.25) is 5.89 Å². The second kappa shape index (κ2) is 6.69. The van der Waals surface area contributed by atoms with Gasteiger partial charge in [-0.25, -0.2) is 8.78 Å². The zero-order valence-corrected chi connectivity index (χ0v) is 11.1. The molecule has 1 fully saturated rings. The molecule has 1 heterocycles. The van der Waals surface area contributed by atoms with E-state index < -0.39 is 31.7 Å². The maximum atomic E-state index is 12.6. The molecular formula is C12H16F4N2O3. The standard InChI is InChI=1S/C12H16F4N2O3/c13-11(14)12(15,16)6-20-5-9-17-10(21-18-9)7-3-1-2-4-8(7)19/h7-8,11,19H,1-6H2. The highest BCUT2D eigenvalue weighted by molar-refractivity contribution is 4.98. The van der Waals surface area contributed by atoms with Gasteiger partial charge in [-0.05, 0) is 12.8 Å². The van der Waals surface area contributed by atoms with Crippen LogP contribution in [0, 0.1) is 0 Å². The van der Waals surface area contributed by atoms with Crippen LogP contribution >= 0.6 is 0 Å². The van der Waals surface area contributed by atoms with Crippen molar-refractivity contribution in [3.8, 4) is 0 Å². The van der Waals surface area contributed by atoms with Crippen molar-refractivity contribution < 1.29 is 31.9 Å². The van der Waals surface area contributed by atoms with Crippen LogP contribution < -0.4 is 0 Å². The molecule has 21 heavy (non-hydrogen) atoms. The van der Waals surface area contributed by atoms with Gasteiger partial charge in [0.1, 0.15) is 13.2 Å². The average Bonchev–Trinajstić information content (AvgIpc) is 2.87. The van der Waals surface area contributed by atoms with Crippen molar-refractivity contribution in [3.63, 3.8) is 0 Å². The van der Waals surface area contributed by atoms with Crippen LogP contribution in [0.5, 0.6) is 0 Å². The minimum atomic E-state index is -4.20. The molecule has 2 atom stereocenters. The van der Waals surface area contributed by atoms with Crippen LogP contribution in [0.4, 0.5) is 17.6 Å². The van der Waals surface area contributed by atoms with E-state index in [0.29, 0.717) is 12.8 Å². The average molecular weight is 312 g/mol. The molecule has 9 heteroatoms. The van der Waals surface area contributed by atoms with E-state index in [1.807, 2.05) is 0 Å². The molecule has 0 aromatic carbocycles. The van der Waals surface area contributed by atoms with Crippen LogP contribution in [0.3, 0.4) is 0 Å². The van der Waals surface area contributed by atoms with Gasteiger partial charge in [0.15, 0.2) is 5.82 Å². The summed E-state index contributed by atoms with van der Waals surface area (Å²) < 4.78 is 58.6. The fraction of sp³-hybridized carbons (Fsp3) is 0.833. The molecule has 0 bridgehead atoms. The Labute approximate surface area is 118 Å². The summed E-state index contributed by atoms with van der Waals surface area (Å²) in [6.07, 6.45) is -1.17. The van der Waals surface area contributed by atoms with Gasteiger partial charge in [-0.2, -0.15) is 13.8 Å². The first-order valence-electron chi connectivity index (χ1n) is 6.64. The molecule has 120 valence electrons. The molecule has 1 N–H and O–H groups in total.